The molecule has 0 heterocycles. The number of hydrogen-bond donors (Lipinski definition) is 0. The molecule has 90 valence electrons. The van der Waals surface area contributed by atoms with Gasteiger partial charge in [0.05, 0.1) is 0 Å². The van der Waals surface area contributed by atoms with Crippen LogP contribution in [0.2, 0.25) is 0 Å². The summed E-state index contributed by atoms with van der Waals surface area (Å²) >= 11 is 0. The second kappa shape index (κ2) is 5.48. The lowest BCUT2D eigenvalue weighted by atomic mass is 9.96. The maximum absolute atomic E-state index is 11.4. The standard InChI is InChI=1S/C13H14O4/c14-11-8-4-5-9-12(11)17-13(15)16-10-6-2-1-3-7-10/h1-3,6-7,12H,4-5,8-9H2. The predicted molar refractivity (Wildman–Crippen MR) is 60.8 cm³/mol. The zero-order valence-corrected chi connectivity index (χ0v) is 9.43. The first-order valence-corrected chi connectivity index (χ1v) is 5.72. The minimum Gasteiger partial charge on any atom is -0.423 e. The summed E-state index contributed by atoms with van der Waals surface area (Å²) in [5.41, 5.74) is 0. The van der Waals surface area contributed by atoms with Gasteiger partial charge in [-0.15, -0.1) is 0 Å². The number of para-hydroxylation sites is 1. The maximum atomic E-state index is 11.4. The summed E-state index contributed by atoms with van der Waals surface area (Å²) in [6.07, 6.45) is 1.45. The van der Waals surface area contributed by atoms with Crippen LogP contribution >= 0.6 is 0 Å². The highest BCUT2D eigenvalue weighted by Crippen LogP contribution is 2.18. The molecule has 1 unspecified atom stereocenters. The first-order valence-electron chi connectivity index (χ1n) is 5.72. The average molecular weight is 234 g/mol. The molecule has 1 aromatic rings. The number of carbonyl (C=O) groups excluding carboxylic acids is 2. The van der Waals surface area contributed by atoms with Crippen molar-refractivity contribution >= 4 is 11.9 Å². The average Bonchev–Trinajstić information content (AvgIpc) is 2.33. The van der Waals surface area contributed by atoms with E-state index in [1.807, 2.05) is 6.07 Å². The zero-order chi connectivity index (χ0) is 12.1. The highest BCUT2D eigenvalue weighted by molar-refractivity contribution is 5.85. The number of benzene rings is 1. The molecular formula is C13H14O4. The van der Waals surface area contributed by atoms with Crippen LogP contribution in [0.4, 0.5) is 4.79 Å². The smallest absolute Gasteiger partial charge is 0.423 e. The van der Waals surface area contributed by atoms with Gasteiger partial charge < -0.3 is 9.47 Å². The third kappa shape index (κ3) is 3.31. The fourth-order valence-electron chi connectivity index (χ4n) is 1.80. The Kier molecular flexibility index (Phi) is 3.75. The van der Waals surface area contributed by atoms with Crippen molar-refractivity contribution in [1.29, 1.82) is 0 Å². The molecule has 1 fully saturated rings. The number of Topliss-reactive ketones (excluding diaryl/α,β-unsaturated/α-hetero) is 1. The van der Waals surface area contributed by atoms with Crippen LogP contribution in [0.15, 0.2) is 30.3 Å². The summed E-state index contributed by atoms with van der Waals surface area (Å²) in [7, 11) is 0. The zero-order valence-electron chi connectivity index (χ0n) is 9.43. The molecule has 0 bridgehead atoms. The number of hydrogen-bond acceptors (Lipinski definition) is 4. The van der Waals surface area contributed by atoms with Gasteiger partial charge in [0.2, 0.25) is 0 Å². The molecule has 0 saturated heterocycles. The Morgan fingerprint density at radius 1 is 1.18 bits per heavy atom. The fourth-order valence-corrected chi connectivity index (χ4v) is 1.80. The molecule has 0 spiro atoms. The van der Waals surface area contributed by atoms with E-state index in [0.717, 1.165) is 12.8 Å². The van der Waals surface area contributed by atoms with Gasteiger partial charge in [-0.3, -0.25) is 4.79 Å². The second-order valence-corrected chi connectivity index (χ2v) is 3.98. The lowest BCUT2D eigenvalue weighted by molar-refractivity contribution is -0.130. The van der Waals surface area contributed by atoms with Crippen molar-refractivity contribution in [3.8, 4) is 5.75 Å². The van der Waals surface area contributed by atoms with E-state index in [2.05, 4.69) is 0 Å². The normalized spacial score (nSPS) is 19.8. The molecule has 1 aliphatic rings. The van der Waals surface area contributed by atoms with E-state index >= 15 is 0 Å². The van der Waals surface area contributed by atoms with Crippen LogP contribution in [0.5, 0.6) is 5.75 Å². The van der Waals surface area contributed by atoms with Gasteiger partial charge in [-0.05, 0) is 31.4 Å². The van der Waals surface area contributed by atoms with Gasteiger partial charge in [-0.2, -0.15) is 0 Å². The van der Waals surface area contributed by atoms with Crippen LogP contribution in [0.3, 0.4) is 0 Å². The van der Waals surface area contributed by atoms with Crippen molar-refractivity contribution in [3.63, 3.8) is 0 Å². The minimum absolute atomic E-state index is 0.0127. The van der Waals surface area contributed by atoms with Gasteiger partial charge in [0.15, 0.2) is 11.9 Å². The quantitative estimate of drug-likeness (QED) is 0.583. The molecule has 0 aliphatic heterocycles. The molecule has 0 radical (unpaired) electrons. The minimum atomic E-state index is -0.809. The van der Waals surface area contributed by atoms with Gasteiger partial charge in [0.25, 0.3) is 0 Å². The van der Waals surface area contributed by atoms with Crippen molar-refractivity contribution in [3.05, 3.63) is 30.3 Å². The Balaban J connectivity index is 1.87. The second-order valence-electron chi connectivity index (χ2n) is 3.98. The van der Waals surface area contributed by atoms with E-state index < -0.39 is 12.3 Å². The maximum Gasteiger partial charge on any atom is 0.514 e. The molecule has 1 saturated carbocycles. The van der Waals surface area contributed by atoms with Crippen molar-refractivity contribution in [1.82, 2.24) is 0 Å². The topological polar surface area (TPSA) is 52.6 Å². The summed E-state index contributed by atoms with van der Waals surface area (Å²) < 4.78 is 9.95. The van der Waals surface area contributed by atoms with Crippen LogP contribution in [0, 0.1) is 0 Å². The monoisotopic (exact) mass is 234 g/mol. The van der Waals surface area contributed by atoms with Crippen molar-refractivity contribution in [2.24, 2.45) is 0 Å². The van der Waals surface area contributed by atoms with Crippen molar-refractivity contribution < 1.29 is 19.1 Å². The summed E-state index contributed by atoms with van der Waals surface area (Å²) in [5, 5.41) is 0. The van der Waals surface area contributed by atoms with E-state index in [0.29, 0.717) is 18.6 Å². The first-order chi connectivity index (χ1) is 8.25. The highest BCUT2D eigenvalue weighted by Gasteiger charge is 2.26. The number of ether oxygens (including phenoxy) is 2. The van der Waals surface area contributed by atoms with Crippen LogP contribution in [0.1, 0.15) is 25.7 Å². The third-order valence-electron chi connectivity index (χ3n) is 2.68. The molecule has 4 nitrogen and oxygen atoms in total. The Labute approximate surface area is 99.5 Å². The summed E-state index contributed by atoms with van der Waals surface area (Å²) in [4.78, 5) is 22.9. The Bertz CT molecular complexity index is 399. The van der Waals surface area contributed by atoms with Gasteiger partial charge >= 0.3 is 6.16 Å². The largest absolute Gasteiger partial charge is 0.514 e. The molecule has 2 rings (SSSR count). The van der Waals surface area contributed by atoms with Gasteiger partial charge in [-0.25, -0.2) is 4.79 Å². The van der Waals surface area contributed by atoms with E-state index in [-0.39, 0.29) is 5.78 Å². The van der Waals surface area contributed by atoms with Crippen molar-refractivity contribution in [2.75, 3.05) is 0 Å². The summed E-state index contributed by atoms with van der Waals surface area (Å²) in [6.45, 7) is 0. The van der Waals surface area contributed by atoms with Crippen LogP contribution in [-0.2, 0) is 9.53 Å². The van der Waals surface area contributed by atoms with Crippen molar-refractivity contribution in [2.45, 2.75) is 31.8 Å². The van der Waals surface area contributed by atoms with Gasteiger partial charge in [0.1, 0.15) is 5.75 Å². The van der Waals surface area contributed by atoms with E-state index in [1.54, 1.807) is 24.3 Å². The molecule has 0 aromatic heterocycles. The lowest BCUT2D eigenvalue weighted by Crippen LogP contribution is -2.31. The number of carbonyl (C=O) groups is 2. The van der Waals surface area contributed by atoms with Gasteiger partial charge in [0, 0.05) is 6.42 Å². The van der Waals surface area contributed by atoms with Crippen LogP contribution in [0.25, 0.3) is 0 Å². The fraction of sp³-hybridized carbons (Fsp3) is 0.385. The molecule has 1 atom stereocenters. The van der Waals surface area contributed by atoms with Crippen LogP contribution in [-0.4, -0.2) is 18.0 Å². The third-order valence-corrected chi connectivity index (χ3v) is 2.68. The molecule has 0 amide bonds. The first kappa shape index (κ1) is 11.6. The van der Waals surface area contributed by atoms with Crippen LogP contribution < -0.4 is 4.74 Å². The molecule has 17 heavy (non-hydrogen) atoms. The number of rotatable bonds is 2. The Morgan fingerprint density at radius 3 is 2.65 bits per heavy atom. The highest BCUT2D eigenvalue weighted by atomic mass is 16.7. The predicted octanol–water partition coefficient (Wildman–Crippen LogP) is 2.71. The Morgan fingerprint density at radius 2 is 1.94 bits per heavy atom. The molecule has 1 aliphatic carbocycles. The van der Waals surface area contributed by atoms with E-state index in [4.69, 9.17) is 9.47 Å². The molecular weight excluding hydrogens is 220 g/mol. The molecule has 4 heteroatoms. The molecule has 1 aromatic carbocycles. The molecule has 0 N–H and O–H groups in total. The summed E-state index contributed by atoms with van der Waals surface area (Å²) in [5.74, 6) is 0.405. The van der Waals surface area contributed by atoms with E-state index in [9.17, 15) is 9.59 Å². The SMILES string of the molecule is O=C(Oc1ccccc1)OC1CCCCC1=O. The number of ketones is 1. The summed E-state index contributed by atoms with van der Waals surface area (Å²) in [6, 6.07) is 8.65. The lowest BCUT2D eigenvalue weighted by Gasteiger charge is -2.19. The Hall–Kier alpha value is -1.84. The van der Waals surface area contributed by atoms with Gasteiger partial charge in [-0.1, -0.05) is 18.2 Å². The van der Waals surface area contributed by atoms with E-state index in [1.165, 1.54) is 0 Å².